The molecular formula is C11H14O4. The molecule has 0 aliphatic rings. The van der Waals surface area contributed by atoms with Gasteiger partial charge in [0.1, 0.15) is 5.75 Å². The minimum Gasteiger partial charge on any atom is -0.423 e. The SMILES string of the molecule is CCCc1ccc(OC(=O)C(O)O)cc1. The normalized spacial score (nSPS) is 10.4. The standard InChI is InChI=1S/C11H14O4/c1-2-3-8-4-6-9(7-5-8)15-11(14)10(12)13/h4-7,10,12-13H,2-3H2,1H3. The minimum absolute atomic E-state index is 0.313. The maximum Gasteiger partial charge on any atom is 0.368 e. The topological polar surface area (TPSA) is 66.8 Å². The van der Waals surface area contributed by atoms with E-state index in [2.05, 4.69) is 11.7 Å². The third-order valence-electron chi connectivity index (χ3n) is 1.89. The highest BCUT2D eigenvalue weighted by Gasteiger charge is 2.12. The van der Waals surface area contributed by atoms with Crippen molar-refractivity contribution in [3.05, 3.63) is 29.8 Å². The largest absolute Gasteiger partial charge is 0.423 e. The Bertz CT molecular complexity index is 316. The highest BCUT2D eigenvalue weighted by Crippen LogP contribution is 2.13. The van der Waals surface area contributed by atoms with E-state index in [9.17, 15) is 4.79 Å². The molecule has 0 fully saturated rings. The molecular weight excluding hydrogens is 196 g/mol. The lowest BCUT2D eigenvalue weighted by atomic mass is 10.1. The first-order chi connectivity index (χ1) is 7.13. The smallest absolute Gasteiger partial charge is 0.368 e. The van der Waals surface area contributed by atoms with E-state index in [4.69, 9.17) is 10.2 Å². The van der Waals surface area contributed by atoms with Gasteiger partial charge in [-0.05, 0) is 24.1 Å². The zero-order valence-corrected chi connectivity index (χ0v) is 8.51. The van der Waals surface area contributed by atoms with E-state index >= 15 is 0 Å². The Hall–Kier alpha value is -1.39. The third-order valence-corrected chi connectivity index (χ3v) is 1.89. The third kappa shape index (κ3) is 3.69. The van der Waals surface area contributed by atoms with Gasteiger partial charge in [-0.3, -0.25) is 0 Å². The van der Waals surface area contributed by atoms with Crippen LogP contribution >= 0.6 is 0 Å². The van der Waals surface area contributed by atoms with Gasteiger partial charge in [0.05, 0.1) is 0 Å². The van der Waals surface area contributed by atoms with Crippen LogP contribution in [0, 0.1) is 0 Å². The summed E-state index contributed by atoms with van der Waals surface area (Å²) in [6.07, 6.45) is -0.0639. The second-order valence-electron chi connectivity index (χ2n) is 3.19. The Morgan fingerprint density at radius 3 is 2.40 bits per heavy atom. The van der Waals surface area contributed by atoms with Gasteiger partial charge in [0.2, 0.25) is 0 Å². The molecule has 0 aliphatic carbocycles. The van der Waals surface area contributed by atoms with Crippen LogP contribution in [0.3, 0.4) is 0 Å². The molecule has 15 heavy (non-hydrogen) atoms. The van der Waals surface area contributed by atoms with Crippen molar-refractivity contribution in [3.63, 3.8) is 0 Å². The first-order valence-corrected chi connectivity index (χ1v) is 4.80. The Kier molecular flexibility index (Phi) is 4.27. The van der Waals surface area contributed by atoms with Crippen molar-refractivity contribution in [2.45, 2.75) is 26.1 Å². The minimum atomic E-state index is -2.08. The van der Waals surface area contributed by atoms with Crippen molar-refractivity contribution in [1.29, 1.82) is 0 Å². The quantitative estimate of drug-likeness (QED) is 0.439. The summed E-state index contributed by atoms with van der Waals surface area (Å²) in [5.74, 6) is -0.758. The van der Waals surface area contributed by atoms with Gasteiger partial charge >= 0.3 is 5.97 Å². The molecule has 0 heterocycles. The Morgan fingerprint density at radius 2 is 1.93 bits per heavy atom. The molecule has 1 aromatic rings. The van der Waals surface area contributed by atoms with Crippen LogP contribution in [0.5, 0.6) is 5.75 Å². The molecule has 0 spiro atoms. The predicted octanol–water partition coefficient (Wildman–Crippen LogP) is 0.855. The van der Waals surface area contributed by atoms with Crippen molar-refractivity contribution >= 4 is 5.97 Å². The van der Waals surface area contributed by atoms with Gasteiger partial charge in [-0.1, -0.05) is 25.5 Å². The highest BCUT2D eigenvalue weighted by molar-refractivity contribution is 5.75. The molecule has 0 unspecified atom stereocenters. The van der Waals surface area contributed by atoms with E-state index in [1.54, 1.807) is 12.1 Å². The summed E-state index contributed by atoms with van der Waals surface area (Å²) in [7, 11) is 0. The first-order valence-electron chi connectivity index (χ1n) is 4.80. The van der Waals surface area contributed by atoms with Gasteiger partial charge in [-0.25, -0.2) is 4.79 Å². The molecule has 82 valence electrons. The molecule has 0 amide bonds. The van der Waals surface area contributed by atoms with Crippen molar-refractivity contribution in [2.24, 2.45) is 0 Å². The van der Waals surface area contributed by atoms with Gasteiger partial charge in [-0.2, -0.15) is 0 Å². The molecule has 0 atom stereocenters. The number of rotatable bonds is 4. The number of carbonyl (C=O) groups is 1. The van der Waals surface area contributed by atoms with Gasteiger partial charge in [-0.15, -0.1) is 0 Å². The van der Waals surface area contributed by atoms with Crippen LogP contribution in [-0.4, -0.2) is 22.5 Å². The van der Waals surface area contributed by atoms with Gasteiger partial charge < -0.3 is 14.9 Å². The second-order valence-corrected chi connectivity index (χ2v) is 3.19. The van der Waals surface area contributed by atoms with Gasteiger partial charge in [0.15, 0.2) is 0 Å². The van der Waals surface area contributed by atoms with E-state index in [-0.39, 0.29) is 0 Å². The van der Waals surface area contributed by atoms with Crippen LogP contribution in [0.15, 0.2) is 24.3 Å². The van der Waals surface area contributed by atoms with Crippen LogP contribution in [0.1, 0.15) is 18.9 Å². The zero-order valence-electron chi connectivity index (χ0n) is 8.51. The lowest BCUT2D eigenvalue weighted by Crippen LogP contribution is -2.24. The molecule has 1 rings (SSSR count). The summed E-state index contributed by atoms with van der Waals surface area (Å²) in [6, 6.07) is 6.95. The lowest BCUT2D eigenvalue weighted by Gasteiger charge is -2.05. The lowest BCUT2D eigenvalue weighted by molar-refractivity contribution is -0.162. The van der Waals surface area contributed by atoms with E-state index < -0.39 is 12.3 Å². The number of aliphatic hydroxyl groups is 2. The fourth-order valence-electron chi connectivity index (χ4n) is 1.18. The van der Waals surface area contributed by atoms with Gasteiger partial charge in [0, 0.05) is 0 Å². The Balaban J connectivity index is 2.60. The van der Waals surface area contributed by atoms with Crippen molar-refractivity contribution in [1.82, 2.24) is 0 Å². The van der Waals surface area contributed by atoms with Crippen LogP contribution in [0.2, 0.25) is 0 Å². The number of aliphatic hydroxyl groups excluding tert-OH is 1. The summed E-state index contributed by atoms with van der Waals surface area (Å²) in [6.45, 7) is 2.08. The number of ether oxygens (including phenoxy) is 1. The maximum absolute atomic E-state index is 10.8. The molecule has 2 N–H and O–H groups in total. The number of hydrogen-bond donors (Lipinski definition) is 2. The number of carbonyl (C=O) groups excluding carboxylic acids is 1. The number of hydrogen-bond acceptors (Lipinski definition) is 4. The monoisotopic (exact) mass is 210 g/mol. The van der Waals surface area contributed by atoms with E-state index in [1.807, 2.05) is 12.1 Å². The number of esters is 1. The van der Waals surface area contributed by atoms with Crippen LogP contribution in [-0.2, 0) is 11.2 Å². The average Bonchev–Trinajstić information content (AvgIpc) is 2.21. The fraction of sp³-hybridized carbons (Fsp3) is 0.364. The van der Waals surface area contributed by atoms with Crippen LogP contribution < -0.4 is 4.74 Å². The van der Waals surface area contributed by atoms with Gasteiger partial charge in [0.25, 0.3) is 6.29 Å². The number of aryl methyl sites for hydroxylation is 1. The predicted molar refractivity (Wildman–Crippen MR) is 54.3 cm³/mol. The van der Waals surface area contributed by atoms with E-state index in [1.165, 1.54) is 0 Å². The van der Waals surface area contributed by atoms with Crippen LogP contribution in [0.25, 0.3) is 0 Å². The fourth-order valence-corrected chi connectivity index (χ4v) is 1.18. The molecule has 0 saturated heterocycles. The molecule has 0 aliphatic heterocycles. The molecule has 4 heteroatoms. The molecule has 0 aromatic heterocycles. The van der Waals surface area contributed by atoms with Crippen molar-refractivity contribution < 1.29 is 19.7 Å². The zero-order chi connectivity index (χ0) is 11.3. The second kappa shape index (κ2) is 5.48. The average molecular weight is 210 g/mol. The van der Waals surface area contributed by atoms with E-state index in [0.29, 0.717) is 5.75 Å². The van der Waals surface area contributed by atoms with Crippen molar-refractivity contribution in [3.8, 4) is 5.75 Å². The maximum atomic E-state index is 10.8. The van der Waals surface area contributed by atoms with E-state index in [0.717, 1.165) is 18.4 Å². The highest BCUT2D eigenvalue weighted by atomic mass is 16.6. The summed E-state index contributed by atoms with van der Waals surface area (Å²) in [5, 5.41) is 17.0. The Morgan fingerprint density at radius 1 is 1.33 bits per heavy atom. The summed E-state index contributed by atoms with van der Waals surface area (Å²) >= 11 is 0. The summed E-state index contributed by atoms with van der Waals surface area (Å²) in [5.41, 5.74) is 1.15. The first kappa shape index (κ1) is 11.7. The van der Waals surface area contributed by atoms with Crippen molar-refractivity contribution in [2.75, 3.05) is 0 Å². The molecule has 1 aromatic carbocycles. The molecule has 0 saturated carbocycles. The number of benzene rings is 1. The molecule has 0 bridgehead atoms. The summed E-state index contributed by atoms with van der Waals surface area (Å²) < 4.78 is 4.67. The Labute approximate surface area is 88.1 Å². The molecule has 0 radical (unpaired) electrons. The molecule has 4 nitrogen and oxygen atoms in total. The van der Waals surface area contributed by atoms with Crippen LogP contribution in [0.4, 0.5) is 0 Å². The summed E-state index contributed by atoms with van der Waals surface area (Å²) in [4.78, 5) is 10.8.